The Balaban J connectivity index is 1.75. The van der Waals surface area contributed by atoms with Crippen LogP contribution in [-0.2, 0) is 18.5 Å². The van der Waals surface area contributed by atoms with Crippen LogP contribution in [0.1, 0.15) is 69.1 Å². The molecule has 0 bridgehead atoms. The third-order valence-electron chi connectivity index (χ3n) is 7.94. The first-order valence-corrected chi connectivity index (χ1v) is 13.9. The summed E-state index contributed by atoms with van der Waals surface area (Å²) in [5.41, 5.74) is 3.94. The summed E-state index contributed by atoms with van der Waals surface area (Å²) in [5, 5.41) is 3.64. The number of nitrogens with one attached hydrogen (secondary N) is 1. The SMILES string of the molecule is COc1cccc(-c2c(C)n(Cc3ccccc3F)c3nc(C(C)(C)C)c(CNCC4CCCC4)n3c2=O)c1. The largest absolute Gasteiger partial charge is 0.497 e. The number of nitrogens with zero attached hydrogens (tertiary/aromatic N) is 3. The minimum atomic E-state index is -0.289. The standard InChI is InChI=1S/C32H39FN4O2/c1-21-28(23-14-10-15-25(17-23)39-5)30(38)37-27(19-34-18-22-11-6-7-12-22)29(32(2,3)4)35-31(37)36(21)20-24-13-8-9-16-26(24)33/h8-10,13-17,22,34H,6-7,11-12,18-20H2,1-5H3. The second kappa shape index (κ2) is 11.0. The molecule has 7 heteroatoms. The molecular formula is C32H39FN4O2. The molecule has 2 heterocycles. The number of hydrogen-bond acceptors (Lipinski definition) is 4. The van der Waals surface area contributed by atoms with Crippen molar-refractivity contribution in [1.82, 2.24) is 19.3 Å². The highest BCUT2D eigenvalue weighted by atomic mass is 19.1. The van der Waals surface area contributed by atoms with E-state index in [9.17, 15) is 9.18 Å². The van der Waals surface area contributed by atoms with Gasteiger partial charge in [-0.25, -0.2) is 13.8 Å². The summed E-state index contributed by atoms with van der Waals surface area (Å²) in [6.07, 6.45) is 5.08. The lowest BCUT2D eigenvalue weighted by Gasteiger charge is -2.19. The molecular weight excluding hydrogens is 491 g/mol. The maximum Gasteiger partial charge on any atom is 0.267 e. The second-order valence-corrected chi connectivity index (χ2v) is 11.7. The van der Waals surface area contributed by atoms with Gasteiger partial charge in [-0.3, -0.25) is 4.79 Å². The molecule has 39 heavy (non-hydrogen) atoms. The van der Waals surface area contributed by atoms with Crippen molar-refractivity contribution in [3.8, 4) is 16.9 Å². The minimum Gasteiger partial charge on any atom is -0.497 e. The van der Waals surface area contributed by atoms with E-state index in [0.717, 1.165) is 29.2 Å². The van der Waals surface area contributed by atoms with Gasteiger partial charge < -0.3 is 14.6 Å². The van der Waals surface area contributed by atoms with E-state index in [1.165, 1.54) is 31.7 Å². The molecule has 0 spiro atoms. The molecule has 1 aliphatic carbocycles. The number of ether oxygens (including phenoxy) is 1. The number of halogens is 1. The zero-order valence-corrected chi connectivity index (χ0v) is 23.7. The highest BCUT2D eigenvalue weighted by molar-refractivity contribution is 5.68. The first kappa shape index (κ1) is 27.1. The molecule has 1 saturated carbocycles. The highest BCUT2D eigenvalue weighted by Crippen LogP contribution is 2.31. The number of imidazole rings is 1. The van der Waals surface area contributed by atoms with Crippen molar-refractivity contribution >= 4 is 5.78 Å². The topological polar surface area (TPSA) is 60.6 Å². The molecule has 6 nitrogen and oxygen atoms in total. The molecule has 5 rings (SSSR count). The lowest BCUT2D eigenvalue weighted by atomic mass is 9.90. The van der Waals surface area contributed by atoms with Crippen molar-refractivity contribution in [3.05, 3.63) is 87.3 Å². The number of hydrogen-bond donors (Lipinski definition) is 1. The molecule has 0 unspecified atom stereocenters. The van der Waals surface area contributed by atoms with Crippen LogP contribution in [0.2, 0.25) is 0 Å². The maximum atomic E-state index is 14.9. The number of rotatable bonds is 8. The van der Waals surface area contributed by atoms with Gasteiger partial charge in [-0.2, -0.15) is 0 Å². The number of benzene rings is 2. The van der Waals surface area contributed by atoms with Crippen molar-refractivity contribution in [2.24, 2.45) is 5.92 Å². The first-order valence-electron chi connectivity index (χ1n) is 13.9. The number of aromatic nitrogens is 3. The van der Waals surface area contributed by atoms with Gasteiger partial charge in [-0.1, -0.05) is 63.9 Å². The predicted molar refractivity (Wildman–Crippen MR) is 154 cm³/mol. The summed E-state index contributed by atoms with van der Waals surface area (Å²) in [7, 11) is 1.62. The van der Waals surface area contributed by atoms with E-state index in [-0.39, 0.29) is 23.3 Å². The number of methoxy groups -OCH3 is 1. The molecule has 0 aliphatic heterocycles. The zero-order chi connectivity index (χ0) is 27.7. The van der Waals surface area contributed by atoms with Crippen molar-refractivity contribution in [2.45, 2.75) is 71.9 Å². The zero-order valence-electron chi connectivity index (χ0n) is 23.7. The maximum absolute atomic E-state index is 14.9. The fraction of sp³-hybridized carbons (Fsp3) is 0.438. The highest BCUT2D eigenvalue weighted by Gasteiger charge is 2.29. The lowest BCUT2D eigenvalue weighted by Crippen LogP contribution is -2.28. The molecule has 1 N–H and O–H groups in total. The van der Waals surface area contributed by atoms with E-state index < -0.39 is 0 Å². The van der Waals surface area contributed by atoms with Gasteiger partial charge in [0.25, 0.3) is 5.56 Å². The molecule has 1 fully saturated rings. The normalized spacial score (nSPS) is 14.4. The Hall–Kier alpha value is -3.45. The summed E-state index contributed by atoms with van der Waals surface area (Å²) >= 11 is 0. The van der Waals surface area contributed by atoms with Gasteiger partial charge in [0.1, 0.15) is 11.6 Å². The summed E-state index contributed by atoms with van der Waals surface area (Å²) in [6.45, 7) is 10.0. The molecule has 4 aromatic rings. The van der Waals surface area contributed by atoms with Gasteiger partial charge >= 0.3 is 0 Å². The van der Waals surface area contributed by atoms with E-state index in [1.54, 1.807) is 23.6 Å². The smallest absolute Gasteiger partial charge is 0.267 e. The molecule has 0 radical (unpaired) electrons. The van der Waals surface area contributed by atoms with Gasteiger partial charge in [0.05, 0.1) is 30.6 Å². The van der Waals surface area contributed by atoms with Crippen molar-refractivity contribution in [1.29, 1.82) is 0 Å². The second-order valence-electron chi connectivity index (χ2n) is 11.7. The van der Waals surface area contributed by atoms with E-state index in [4.69, 9.17) is 9.72 Å². The van der Waals surface area contributed by atoms with Gasteiger partial charge in [0.2, 0.25) is 5.78 Å². The lowest BCUT2D eigenvalue weighted by molar-refractivity contribution is 0.415. The number of fused-ring (bicyclic) bond motifs is 1. The van der Waals surface area contributed by atoms with Crippen LogP contribution in [0.3, 0.4) is 0 Å². The van der Waals surface area contributed by atoms with Gasteiger partial charge in [0, 0.05) is 23.2 Å². The molecule has 2 aromatic carbocycles. The average molecular weight is 531 g/mol. The van der Waals surface area contributed by atoms with E-state index >= 15 is 0 Å². The average Bonchev–Trinajstić information content (AvgIpc) is 3.56. The molecule has 0 atom stereocenters. The van der Waals surface area contributed by atoms with Crippen LogP contribution in [0.15, 0.2) is 53.3 Å². The third-order valence-corrected chi connectivity index (χ3v) is 7.94. The van der Waals surface area contributed by atoms with Crippen LogP contribution >= 0.6 is 0 Å². The summed E-state index contributed by atoms with van der Waals surface area (Å²) in [6, 6.07) is 14.3. The Bertz CT molecular complexity index is 1540. The van der Waals surface area contributed by atoms with Crippen LogP contribution < -0.4 is 15.6 Å². The molecule has 206 valence electrons. The van der Waals surface area contributed by atoms with Crippen LogP contribution in [0.5, 0.6) is 5.75 Å². The first-order chi connectivity index (χ1) is 18.7. The van der Waals surface area contributed by atoms with Gasteiger partial charge in [-0.05, 0) is 56.0 Å². The Kier molecular flexibility index (Phi) is 7.63. The summed E-state index contributed by atoms with van der Waals surface area (Å²) < 4.78 is 24.1. The van der Waals surface area contributed by atoms with Crippen LogP contribution in [-0.4, -0.2) is 27.6 Å². The predicted octanol–water partition coefficient (Wildman–Crippen LogP) is 6.24. The Morgan fingerprint density at radius 3 is 2.54 bits per heavy atom. The Morgan fingerprint density at radius 1 is 1.10 bits per heavy atom. The fourth-order valence-electron chi connectivity index (χ4n) is 5.86. The van der Waals surface area contributed by atoms with E-state index in [2.05, 4.69) is 26.1 Å². The minimum absolute atomic E-state index is 0.124. The van der Waals surface area contributed by atoms with Crippen LogP contribution in [0.4, 0.5) is 4.39 Å². The molecule has 2 aromatic heterocycles. The fourth-order valence-corrected chi connectivity index (χ4v) is 5.86. The summed E-state index contributed by atoms with van der Waals surface area (Å²) in [5.74, 6) is 1.61. The van der Waals surface area contributed by atoms with E-state index in [0.29, 0.717) is 35.1 Å². The Morgan fingerprint density at radius 2 is 1.85 bits per heavy atom. The van der Waals surface area contributed by atoms with Crippen molar-refractivity contribution in [3.63, 3.8) is 0 Å². The molecule has 1 aliphatic rings. The van der Waals surface area contributed by atoms with Crippen molar-refractivity contribution < 1.29 is 9.13 Å². The molecule has 0 saturated heterocycles. The van der Waals surface area contributed by atoms with Gasteiger partial charge in [-0.15, -0.1) is 0 Å². The molecule has 0 amide bonds. The van der Waals surface area contributed by atoms with Crippen LogP contribution in [0.25, 0.3) is 16.9 Å². The van der Waals surface area contributed by atoms with E-state index in [1.807, 2.05) is 41.8 Å². The van der Waals surface area contributed by atoms with Crippen LogP contribution in [0, 0.1) is 18.7 Å². The van der Waals surface area contributed by atoms with Gasteiger partial charge in [0.15, 0.2) is 0 Å². The monoisotopic (exact) mass is 530 g/mol. The van der Waals surface area contributed by atoms with Crippen molar-refractivity contribution in [2.75, 3.05) is 13.7 Å². The summed E-state index contributed by atoms with van der Waals surface area (Å²) in [4.78, 5) is 19.5. The Labute approximate surface area is 229 Å². The third kappa shape index (κ3) is 5.37. The quantitative estimate of drug-likeness (QED) is 0.293.